The molecule has 3 rings (SSSR count). The van der Waals surface area contributed by atoms with Crippen molar-refractivity contribution in [3.63, 3.8) is 0 Å². The fraction of sp³-hybridized carbons (Fsp3) is 0.273. The number of nitrogens with one attached hydrogen (secondary N) is 1. The Bertz CT molecular complexity index is 1040. The smallest absolute Gasteiger partial charge is 0.258 e. The van der Waals surface area contributed by atoms with Crippen molar-refractivity contribution in [3.8, 4) is 28.5 Å². The SMILES string of the molecule is Cc1ccc(C(=O)Nc2nc(-c3ccc(O)c(O)c3)cn2CCC(C)C)cc1O. The first-order valence-electron chi connectivity index (χ1n) is 9.45. The highest BCUT2D eigenvalue weighted by molar-refractivity contribution is 6.03. The first kappa shape index (κ1) is 20.3. The molecule has 0 atom stereocenters. The lowest BCUT2D eigenvalue weighted by molar-refractivity contribution is 0.102. The van der Waals surface area contributed by atoms with E-state index in [1.165, 1.54) is 18.2 Å². The molecule has 0 spiro atoms. The molecule has 1 heterocycles. The number of phenols is 3. The van der Waals surface area contributed by atoms with Crippen molar-refractivity contribution in [3.05, 3.63) is 53.7 Å². The molecular weight excluding hydrogens is 370 g/mol. The van der Waals surface area contributed by atoms with Crippen LogP contribution >= 0.6 is 0 Å². The second-order valence-corrected chi connectivity index (χ2v) is 7.48. The lowest BCUT2D eigenvalue weighted by Crippen LogP contribution is -2.16. The third-order valence-corrected chi connectivity index (χ3v) is 4.69. The molecule has 7 nitrogen and oxygen atoms in total. The molecule has 0 unspecified atom stereocenters. The van der Waals surface area contributed by atoms with Gasteiger partial charge >= 0.3 is 0 Å². The van der Waals surface area contributed by atoms with Gasteiger partial charge in [0.2, 0.25) is 5.95 Å². The normalized spacial score (nSPS) is 11.0. The van der Waals surface area contributed by atoms with Gasteiger partial charge in [-0.15, -0.1) is 0 Å². The van der Waals surface area contributed by atoms with Gasteiger partial charge in [0.15, 0.2) is 11.5 Å². The largest absolute Gasteiger partial charge is 0.508 e. The number of aromatic hydroxyl groups is 3. The summed E-state index contributed by atoms with van der Waals surface area (Å²) in [7, 11) is 0. The van der Waals surface area contributed by atoms with Crippen LogP contribution in [0.3, 0.4) is 0 Å². The Morgan fingerprint density at radius 2 is 1.83 bits per heavy atom. The zero-order valence-corrected chi connectivity index (χ0v) is 16.7. The van der Waals surface area contributed by atoms with Crippen LogP contribution in [-0.4, -0.2) is 30.8 Å². The summed E-state index contributed by atoms with van der Waals surface area (Å²) in [5, 5.41) is 32.0. The summed E-state index contributed by atoms with van der Waals surface area (Å²) in [6.45, 7) is 6.64. The predicted molar refractivity (Wildman–Crippen MR) is 111 cm³/mol. The Hall–Kier alpha value is -3.48. The van der Waals surface area contributed by atoms with E-state index in [4.69, 9.17) is 0 Å². The minimum atomic E-state index is -0.378. The Morgan fingerprint density at radius 1 is 1.07 bits per heavy atom. The van der Waals surface area contributed by atoms with Gasteiger partial charge in [0.1, 0.15) is 5.75 Å². The van der Waals surface area contributed by atoms with E-state index in [1.807, 2.05) is 4.57 Å². The van der Waals surface area contributed by atoms with E-state index < -0.39 is 0 Å². The van der Waals surface area contributed by atoms with Gasteiger partial charge < -0.3 is 19.9 Å². The first-order chi connectivity index (χ1) is 13.7. The summed E-state index contributed by atoms with van der Waals surface area (Å²) in [5.74, 6) is 0.0768. The maximum Gasteiger partial charge on any atom is 0.258 e. The summed E-state index contributed by atoms with van der Waals surface area (Å²) in [6, 6.07) is 9.21. The van der Waals surface area contributed by atoms with Gasteiger partial charge in [0, 0.05) is 23.9 Å². The highest BCUT2D eigenvalue weighted by Gasteiger charge is 2.16. The fourth-order valence-corrected chi connectivity index (χ4v) is 2.83. The number of carbonyl (C=O) groups is 1. The second-order valence-electron chi connectivity index (χ2n) is 7.48. The van der Waals surface area contributed by atoms with Gasteiger partial charge in [-0.25, -0.2) is 4.98 Å². The maximum atomic E-state index is 12.7. The molecule has 0 saturated heterocycles. The number of phenolic OH excluding ortho intramolecular Hbond substituents is 3. The van der Waals surface area contributed by atoms with Crippen molar-refractivity contribution in [1.29, 1.82) is 0 Å². The molecule has 0 radical (unpaired) electrons. The Kier molecular flexibility index (Phi) is 5.77. The van der Waals surface area contributed by atoms with Gasteiger partial charge in [-0.05, 0) is 55.2 Å². The van der Waals surface area contributed by atoms with Gasteiger partial charge in [-0.3, -0.25) is 10.1 Å². The van der Waals surface area contributed by atoms with Crippen LogP contribution in [0.1, 0.15) is 36.2 Å². The summed E-state index contributed by atoms with van der Waals surface area (Å²) in [5.41, 5.74) is 2.20. The van der Waals surface area contributed by atoms with Crippen LogP contribution in [0.5, 0.6) is 17.2 Å². The molecule has 29 heavy (non-hydrogen) atoms. The third-order valence-electron chi connectivity index (χ3n) is 4.69. The van der Waals surface area contributed by atoms with E-state index in [0.29, 0.717) is 40.8 Å². The number of hydrogen-bond donors (Lipinski definition) is 4. The summed E-state index contributed by atoms with van der Waals surface area (Å²) in [6.07, 6.45) is 2.70. The number of aryl methyl sites for hydroxylation is 2. The standard InChI is InChI=1S/C22H25N3O4/c1-13(2)8-9-25-12-17(15-6-7-18(26)20(28)10-15)23-22(25)24-21(29)16-5-4-14(3)19(27)11-16/h4-7,10-13,26-28H,8-9H2,1-3H3,(H,23,24,29). The van der Waals surface area contributed by atoms with Gasteiger partial charge in [-0.1, -0.05) is 19.9 Å². The van der Waals surface area contributed by atoms with Crippen LogP contribution in [0.2, 0.25) is 0 Å². The van der Waals surface area contributed by atoms with Crippen molar-refractivity contribution >= 4 is 11.9 Å². The summed E-state index contributed by atoms with van der Waals surface area (Å²) < 4.78 is 1.85. The van der Waals surface area contributed by atoms with Crippen molar-refractivity contribution in [1.82, 2.24) is 9.55 Å². The van der Waals surface area contributed by atoms with E-state index in [0.717, 1.165) is 6.42 Å². The van der Waals surface area contributed by atoms with Crippen molar-refractivity contribution in [2.45, 2.75) is 33.7 Å². The molecule has 2 aromatic carbocycles. The van der Waals surface area contributed by atoms with Gasteiger partial charge in [-0.2, -0.15) is 0 Å². The molecule has 0 aliphatic carbocycles. The Balaban J connectivity index is 1.92. The van der Waals surface area contributed by atoms with E-state index in [2.05, 4.69) is 24.1 Å². The molecule has 3 aromatic rings. The topological polar surface area (TPSA) is 108 Å². The number of nitrogens with zero attached hydrogens (tertiary/aromatic N) is 2. The number of amides is 1. The van der Waals surface area contributed by atoms with Crippen LogP contribution in [0.25, 0.3) is 11.3 Å². The molecule has 0 bridgehead atoms. The van der Waals surface area contributed by atoms with E-state index in [9.17, 15) is 20.1 Å². The lowest BCUT2D eigenvalue weighted by Gasteiger charge is -2.10. The van der Waals surface area contributed by atoms with Gasteiger partial charge in [0.25, 0.3) is 5.91 Å². The number of carbonyl (C=O) groups excluding carboxylic acids is 1. The van der Waals surface area contributed by atoms with Crippen LogP contribution in [-0.2, 0) is 6.54 Å². The Morgan fingerprint density at radius 3 is 2.48 bits per heavy atom. The van der Waals surface area contributed by atoms with Gasteiger partial charge in [0.05, 0.1) is 5.69 Å². The van der Waals surface area contributed by atoms with Crippen LogP contribution in [0.4, 0.5) is 5.95 Å². The molecule has 4 N–H and O–H groups in total. The van der Waals surface area contributed by atoms with E-state index in [1.54, 1.807) is 31.3 Å². The third kappa shape index (κ3) is 4.68. The zero-order valence-electron chi connectivity index (χ0n) is 16.7. The average molecular weight is 395 g/mol. The molecule has 1 aromatic heterocycles. The molecular formula is C22H25N3O4. The average Bonchev–Trinajstić information content (AvgIpc) is 3.07. The first-order valence-corrected chi connectivity index (χ1v) is 9.45. The molecule has 7 heteroatoms. The van der Waals surface area contributed by atoms with E-state index >= 15 is 0 Å². The predicted octanol–water partition coefficient (Wildman–Crippen LogP) is 4.27. The number of anilines is 1. The quantitative estimate of drug-likeness (QED) is 0.466. The summed E-state index contributed by atoms with van der Waals surface area (Å²) in [4.78, 5) is 17.2. The number of hydrogen-bond acceptors (Lipinski definition) is 5. The van der Waals surface area contributed by atoms with Crippen LogP contribution in [0.15, 0.2) is 42.6 Å². The zero-order chi connectivity index (χ0) is 21.1. The molecule has 0 saturated carbocycles. The fourth-order valence-electron chi connectivity index (χ4n) is 2.83. The minimum Gasteiger partial charge on any atom is -0.508 e. The minimum absolute atomic E-state index is 0.0565. The van der Waals surface area contributed by atoms with Crippen LogP contribution in [0, 0.1) is 12.8 Å². The molecule has 1 amide bonds. The second kappa shape index (κ2) is 8.26. The van der Waals surface area contributed by atoms with Crippen molar-refractivity contribution in [2.24, 2.45) is 5.92 Å². The van der Waals surface area contributed by atoms with Crippen molar-refractivity contribution in [2.75, 3.05) is 5.32 Å². The number of benzene rings is 2. The lowest BCUT2D eigenvalue weighted by atomic mass is 10.1. The molecule has 0 fully saturated rings. The van der Waals surface area contributed by atoms with Crippen LogP contribution < -0.4 is 5.32 Å². The highest BCUT2D eigenvalue weighted by Crippen LogP contribution is 2.31. The Labute approximate surface area is 169 Å². The molecule has 0 aliphatic heterocycles. The summed E-state index contributed by atoms with van der Waals surface area (Å²) >= 11 is 0. The molecule has 152 valence electrons. The van der Waals surface area contributed by atoms with E-state index in [-0.39, 0.29) is 23.2 Å². The maximum absolute atomic E-state index is 12.7. The monoisotopic (exact) mass is 395 g/mol. The number of imidazole rings is 1. The van der Waals surface area contributed by atoms with Crippen molar-refractivity contribution < 1.29 is 20.1 Å². The highest BCUT2D eigenvalue weighted by atomic mass is 16.3. The molecule has 0 aliphatic rings. The number of rotatable bonds is 6. The number of aromatic nitrogens is 2.